The van der Waals surface area contributed by atoms with E-state index in [1.54, 1.807) is 43.5 Å². The zero-order valence-electron chi connectivity index (χ0n) is 17.4. The molecule has 0 aliphatic heterocycles. The van der Waals surface area contributed by atoms with Crippen LogP contribution < -0.4 is 14.9 Å². The number of carbonyl (C=O) groups excluding carboxylic acids is 1. The van der Waals surface area contributed by atoms with Crippen LogP contribution in [0.2, 0.25) is 0 Å². The maximum Gasteiger partial charge on any atom is 0.315 e. The quantitative estimate of drug-likeness (QED) is 0.407. The number of aryl methyl sites for hydroxylation is 1. The molecule has 0 bridgehead atoms. The minimum absolute atomic E-state index is 0.0510. The molecule has 0 saturated carbocycles. The van der Waals surface area contributed by atoms with Crippen molar-refractivity contribution in [3.05, 3.63) is 94.1 Å². The van der Waals surface area contributed by atoms with Crippen molar-refractivity contribution in [3.8, 4) is 22.8 Å². The van der Waals surface area contributed by atoms with Gasteiger partial charge in [-0.15, -0.1) is 0 Å². The minimum Gasteiger partial charge on any atom is -0.497 e. The Morgan fingerprint density at radius 1 is 0.935 bits per heavy atom. The van der Waals surface area contributed by atoms with Crippen LogP contribution in [-0.4, -0.2) is 13.1 Å². The van der Waals surface area contributed by atoms with E-state index in [1.165, 1.54) is 0 Å². The van der Waals surface area contributed by atoms with Gasteiger partial charge in [-0.05, 0) is 53.9 Å². The van der Waals surface area contributed by atoms with E-state index in [2.05, 4.69) is 0 Å². The molecular weight excluding hydrogens is 392 g/mol. The van der Waals surface area contributed by atoms with Crippen LogP contribution in [0.4, 0.5) is 0 Å². The van der Waals surface area contributed by atoms with Gasteiger partial charge in [0, 0.05) is 5.56 Å². The highest BCUT2D eigenvalue weighted by Gasteiger charge is 2.21. The predicted octanol–water partition coefficient (Wildman–Crippen LogP) is 5.18. The molecule has 0 spiro atoms. The second kappa shape index (κ2) is 8.88. The van der Waals surface area contributed by atoms with E-state index in [1.807, 2.05) is 43.3 Å². The largest absolute Gasteiger partial charge is 0.497 e. The molecule has 0 N–H and O–H groups in total. The lowest BCUT2D eigenvalue weighted by Crippen LogP contribution is -2.18. The van der Waals surface area contributed by atoms with Gasteiger partial charge < -0.3 is 13.9 Å². The molecular formula is C26H22O5. The van der Waals surface area contributed by atoms with E-state index >= 15 is 0 Å². The van der Waals surface area contributed by atoms with E-state index in [9.17, 15) is 9.59 Å². The maximum absolute atomic E-state index is 13.3. The molecule has 5 nitrogen and oxygen atoms in total. The molecule has 3 aromatic carbocycles. The average Bonchev–Trinajstić information content (AvgIpc) is 2.81. The zero-order valence-corrected chi connectivity index (χ0v) is 17.4. The molecule has 1 heterocycles. The Morgan fingerprint density at radius 3 is 2.35 bits per heavy atom. The highest BCUT2D eigenvalue weighted by atomic mass is 16.5. The van der Waals surface area contributed by atoms with Gasteiger partial charge in [0.25, 0.3) is 0 Å². The summed E-state index contributed by atoms with van der Waals surface area (Å²) in [6.45, 7) is 2.01. The van der Waals surface area contributed by atoms with E-state index in [0.717, 1.165) is 17.5 Å². The number of methoxy groups -OCH3 is 1. The molecule has 0 aliphatic rings. The first kappa shape index (κ1) is 20.4. The summed E-state index contributed by atoms with van der Waals surface area (Å²) in [7, 11) is 1.58. The lowest BCUT2D eigenvalue weighted by Gasteiger charge is -2.12. The maximum atomic E-state index is 13.3. The molecule has 0 aliphatic carbocycles. The van der Waals surface area contributed by atoms with Crippen LogP contribution in [0.25, 0.3) is 22.3 Å². The number of carbonyl (C=O) groups is 1. The molecule has 4 rings (SSSR count). The summed E-state index contributed by atoms with van der Waals surface area (Å²) in [4.78, 5) is 26.0. The first-order chi connectivity index (χ1) is 15.1. The molecule has 1 aromatic heterocycles. The number of hydrogen-bond donors (Lipinski definition) is 0. The first-order valence-corrected chi connectivity index (χ1v) is 10.1. The average molecular weight is 414 g/mol. The standard InChI is InChI=1S/C26H22O5/c1-3-17-9-14-22-21(15-17)24(28)26(31-23(27)16-18-7-5-4-6-8-18)25(30-22)19-10-12-20(29-2)13-11-19/h4-15H,3,16H2,1-2H3. The number of hydrogen-bond acceptors (Lipinski definition) is 5. The highest BCUT2D eigenvalue weighted by Crippen LogP contribution is 2.32. The molecule has 0 atom stereocenters. The fraction of sp³-hybridized carbons (Fsp3) is 0.154. The summed E-state index contributed by atoms with van der Waals surface area (Å²) in [5.41, 5.74) is 2.48. The van der Waals surface area contributed by atoms with Gasteiger partial charge in [-0.2, -0.15) is 0 Å². The van der Waals surface area contributed by atoms with Crippen molar-refractivity contribution in [1.29, 1.82) is 0 Å². The fourth-order valence-corrected chi connectivity index (χ4v) is 3.38. The molecule has 0 amide bonds. The summed E-state index contributed by atoms with van der Waals surface area (Å²) in [6.07, 6.45) is 0.827. The lowest BCUT2D eigenvalue weighted by molar-refractivity contribution is -0.133. The van der Waals surface area contributed by atoms with E-state index in [-0.39, 0.29) is 23.4 Å². The smallest absolute Gasteiger partial charge is 0.315 e. The Balaban J connectivity index is 1.81. The summed E-state index contributed by atoms with van der Waals surface area (Å²) < 4.78 is 16.9. The number of esters is 1. The Labute approximate surface area is 179 Å². The van der Waals surface area contributed by atoms with Gasteiger partial charge in [-0.1, -0.05) is 43.3 Å². The summed E-state index contributed by atoms with van der Waals surface area (Å²) in [6, 6.07) is 21.8. The molecule has 156 valence electrons. The third kappa shape index (κ3) is 4.36. The van der Waals surface area contributed by atoms with Crippen LogP contribution in [0.1, 0.15) is 18.1 Å². The minimum atomic E-state index is -0.528. The van der Waals surface area contributed by atoms with Crippen molar-refractivity contribution < 1.29 is 18.7 Å². The van der Waals surface area contributed by atoms with Crippen molar-refractivity contribution >= 4 is 16.9 Å². The topological polar surface area (TPSA) is 65.7 Å². The van der Waals surface area contributed by atoms with Crippen LogP contribution in [0.3, 0.4) is 0 Å². The second-order valence-electron chi connectivity index (χ2n) is 7.14. The Kier molecular flexibility index (Phi) is 5.85. The molecule has 31 heavy (non-hydrogen) atoms. The molecule has 0 radical (unpaired) electrons. The van der Waals surface area contributed by atoms with Crippen LogP contribution >= 0.6 is 0 Å². The van der Waals surface area contributed by atoms with Crippen molar-refractivity contribution in [2.24, 2.45) is 0 Å². The van der Waals surface area contributed by atoms with Crippen LogP contribution in [-0.2, 0) is 17.6 Å². The van der Waals surface area contributed by atoms with Gasteiger partial charge in [-0.25, -0.2) is 0 Å². The van der Waals surface area contributed by atoms with Gasteiger partial charge in [0.2, 0.25) is 11.2 Å². The van der Waals surface area contributed by atoms with E-state index in [0.29, 0.717) is 22.3 Å². The molecule has 4 aromatic rings. The second-order valence-corrected chi connectivity index (χ2v) is 7.14. The Morgan fingerprint density at radius 2 is 1.68 bits per heavy atom. The molecule has 0 unspecified atom stereocenters. The Bertz CT molecular complexity index is 1270. The van der Waals surface area contributed by atoms with E-state index < -0.39 is 5.97 Å². The Hall–Kier alpha value is -3.86. The number of rotatable bonds is 6. The summed E-state index contributed by atoms with van der Waals surface area (Å²) in [5.74, 6) is 0.249. The van der Waals surface area contributed by atoms with Crippen molar-refractivity contribution in [2.45, 2.75) is 19.8 Å². The van der Waals surface area contributed by atoms with Gasteiger partial charge in [0.1, 0.15) is 11.3 Å². The van der Waals surface area contributed by atoms with Crippen LogP contribution in [0.5, 0.6) is 11.5 Å². The number of benzene rings is 3. The van der Waals surface area contributed by atoms with Crippen molar-refractivity contribution in [3.63, 3.8) is 0 Å². The van der Waals surface area contributed by atoms with Crippen molar-refractivity contribution in [1.82, 2.24) is 0 Å². The number of fused-ring (bicyclic) bond motifs is 1. The fourth-order valence-electron chi connectivity index (χ4n) is 3.38. The molecule has 0 fully saturated rings. The SMILES string of the molecule is CCc1ccc2oc(-c3ccc(OC)cc3)c(OC(=O)Cc3ccccc3)c(=O)c2c1. The molecule has 0 saturated heterocycles. The summed E-state index contributed by atoms with van der Waals surface area (Å²) >= 11 is 0. The van der Waals surface area contributed by atoms with Crippen molar-refractivity contribution in [2.75, 3.05) is 7.11 Å². The normalized spacial score (nSPS) is 10.8. The highest BCUT2D eigenvalue weighted by molar-refractivity contribution is 5.85. The van der Waals surface area contributed by atoms with Gasteiger partial charge in [0.05, 0.1) is 18.9 Å². The predicted molar refractivity (Wildman–Crippen MR) is 120 cm³/mol. The summed E-state index contributed by atoms with van der Waals surface area (Å²) in [5, 5.41) is 0.388. The molecule has 5 heteroatoms. The van der Waals surface area contributed by atoms with Gasteiger partial charge in [-0.3, -0.25) is 9.59 Å². The monoisotopic (exact) mass is 414 g/mol. The third-order valence-electron chi connectivity index (χ3n) is 5.08. The first-order valence-electron chi connectivity index (χ1n) is 10.1. The van der Waals surface area contributed by atoms with Gasteiger partial charge >= 0.3 is 5.97 Å². The third-order valence-corrected chi connectivity index (χ3v) is 5.08. The van der Waals surface area contributed by atoms with E-state index in [4.69, 9.17) is 13.9 Å². The van der Waals surface area contributed by atoms with Crippen LogP contribution in [0, 0.1) is 0 Å². The van der Waals surface area contributed by atoms with Crippen LogP contribution in [0.15, 0.2) is 82.0 Å². The zero-order chi connectivity index (χ0) is 21.8. The van der Waals surface area contributed by atoms with Gasteiger partial charge in [0.15, 0.2) is 5.76 Å². The lowest BCUT2D eigenvalue weighted by atomic mass is 10.1. The number of ether oxygens (including phenoxy) is 2.